The fourth-order valence-corrected chi connectivity index (χ4v) is 3.10. The van der Waals surface area contributed by atoms with Crippen molar-refractivity contribution in [3.8, 4) is 0 Å². The predicted octanol–water partition coefficient (Wildman–Crippen LogP) is 5.89. The van der Waals surface area contributed by atoms with Crippen LogP contribution in [0.1, 0.15) is 107 Å². The molecule has 0 aromatic rings. The summed E-state index contributed by atoms with van der Waals surface area (Å²) in [4.78, 5) is 49.6. The molecule has 0 radical (unpaired) electrons. The first kappa shape index (κ1) is 34.9. The summed E-state index contributed by atoms with van der Waals surface area (Å²) in [5, 5.41) is 0. The normalized spacial score (nSPS) is 11.8. The van der Waals surface area contributed by atoms with E-state index >= 15 is 0 Å². The average Bonchev–Trinajstić information content (AvgIpc) is 2.82. The van der Waals surface area contributed by atoms with Gasteiger partial charge in [-0.1, -0.05) is 55.4 Å². The fourth-order valence-electron chi connectivity index (χ4n) is 3.10. The van der Waals surface area contributed by atoms with E-state index in [1.807, 2.05) is 55.4 Å². The van der Waals surface area contributed by atoms with Crippen LogP contribution < -0.4 is 0 Å². The van der Waals surface area contributed by atoms with Gasteiger partial charge in [0, 0.05) is 25.7 Å². The minimum atomic E-state index is -1.19. The third-order valence-corrected chi connectivity index (χ3v) is 5.86. The molecule has 0 aliphatic heterocycles. The van der Waals surface area contributed by atoms with E-state index in [9.17, 15) is 19.2 Å². The minimum absolute atomic E-state index is 0.198. The molecule has 8 nitrogen and oxygen atoms in total. The molecule has 0 saturated carbocycles. The molecule has 0 amide bonds. The molecule has 0 aliphatic carbocycles. The Hall–Kier alpha value is -2.12. The lowest BCUT2D eigenvalue weighted by atomic mass is 9.92. The minimum Gasteiger partial charge on any atom is -0.465 e. The Balaban J connectivity index is 5.59. The van der Waals surface area contributed by atoms with Crippen molar-refractivity contribution in [2.24, 2.45) is 29.1 Å². The zero-order valence-corrected chi connectivity index (χ0v) is 24.6. The number of rotatable bonds is 20. The lowest BCUT2D eigenvalue weighted by Gasteiger charge is -2.31. The van der Waals surface area contributed by atoms with Gasteiger partial charge in [-0.3, -0.25) is 19.2 Å². The molecule has 0 aromatic carbocycles. The predicted molar refractivity (Wildman–Crippen MR) is 143 cm³/mol. The number of carbonyl (C=O) groups is 4. The van der Waals surface area contributed by atoms with Crippen molar-refractivity contribution in [1.82, 2.24) is 0 Å². The maximum absolute atomic E-state index is 12.4. The fraction of sp³-hybridized carbons (Fsp3) is 0.862. The highest BCUT2D eigenvalue weighted by molar-refractivity contribution is 5.71. The highest BCUT2D eigenvalue weighted by Crippen LogP contribution is 2.23. The number of carbonyl (C=O) groups excluding carboxylic acids is 4. The van der Waals surface area contributed by atoms with E-state index in [1.54, 1.807) is 0 Å². The van der Waals surface area contributed by atoms with Gasteiger partial charge in [0.05, 0.1) is 0 Å². The molecule has 0 aliphatic rings. The Labute approximate surface area is 224 Å². The van der Waals surface area contributed by atoms with Crippen molar-refractivity contribution >= 4 is 23.9 Å². The van der Waals surface area contributed by atoms with E-state index in [0.717, 1.165) is 0 Å². The topological polar surface area (TPSA) is 105 Å². The number of ether oxygens (including phenoxy) is 4. The zero-order chi connectivity index (χ0) is 28.4. The quantitative estimate of drug-likeness (QED) is 0.142. The van der Waals surface area contributed by atoms with E-state index in [0.29, 0.717) is 49.4 Å². The summed E-state index contributed by atoms with van der Waals surface area (Å²) in [5.74, 6) is -0.261. The standard InChI is InChI=1S/C29H52O8/c1-21(2)9-13-25(30)34-17-29(18-35-26(31)14-10-22(3)4,19-36-27(32)15-11-23(5)6)20-37-28(33)16-12-24(7)8/h21-24H,9-20H2,1-8H3. The Morgan fingerprint density at radius 1 is 0.432 bits per heavy atom. The number of hydrogen-bond acceptors (Lipinski definition) is 8. The third kappa shape index (κ3) is 19.6. The van der Waals surface area contributed by atoms with Gasteiger partial charge < -0.3 is 18.9 Å². The van der Waals surface area contributed by atoms with Gasteiger partial charge in [-0.25, -0.2) is 0 Å². The van der Waals surface area contributed by atoms with Gasteiger partial charge in [0.25, 0.3) is 0 Å². The Bertz CT molecular complexity index is 564. The van der Waals surface area contributed by atoms with Crippen molar-refractivity contribution < 1.29 is 38.1 Å². The van der Waals surface area contributed by atoms with Gasteiger partial charge in [0.1, 0.15) is 31.8 Å². The molecule has 0 fully saturated rings. The molecule has 0 aromatic heterocycles. The summed E-state index contributed by atoms with van der Waals surface area (Å²) >= 11 is 0. The molecule has 0 saturated heterocycles. The van der Waals surface area contributed by atoms with Crippen molar-refractivity contribution in [2.45, 2.75) is 107 Å². The molecule has 0 rings (SSSR count). The summed E-state index contributed by atoms with van der Waals surface area (Å²) in [5.41, 5.74) is -1.19. The van der Waals surface area contributed by atoms with Crippen LogP contribution in [0.5, 0.6) is 0 Å². The van der Waals surface area contributed by atoms with Gasteiger partial charge in [-0.05, 0) is 49.4 Å². The number of esters is 4. The van der Waals surface area contributed by atoms with E-state index < -0.39 is 29.3 Å². The summed E-state index contributed by atoms with van der Waals surface area (Å²) in [6.45, 7) is 15.3. The molecular weight excluding hydrogens is 476 g/mol. The van der Waals surface area contributed by atoms with Gasteiger partial charge in [0.2, 0.25) is 0 Å². The Morgan fingerprint density at radius 3 is 0.784 bits per heavy atom. The summed E-state index contributed by atoms with van der Waals surface area (Å²) in [7, 11) is 0. The maximum atomic E-state index is 12.4. The maximum Gasteiger partial charge on any atom is 0.305 e. The molecule has 0 N–H and O–H groups in total. The van der Waals surface area contributed by atoms with E-state index in [2.05, 4.69) is 0 Å². The molecule has 0 bridgehead atoms. The summed E-state index contributed by atoms with van der Waals surface area (Å²) in [6, 6.07) is 0. The molecule has 0 spiro atoms. The lowest BCUT2D eigenvalue weighted by Crippen LogP contribution is -2.44. The first-order valence-electron chi connectivity index (χ1n) is 13.9. The van der Waals surface area contributed by atoms with E-state index in [4.69, 9.17) is 18.9 Å². The second kappa shape index (κ2) is 19.0. The highest BCUT2D eigenvalue weighted by Gasteiger charge is 2.38. The largest absolute Gasteiger partial charge is 0.465 e. The molecule has 37 heavy (non-hydrogen) atoms. The average molecular weight is 529 g/mol. The van der Waals surface area contributed by atoms with Crippen LogP contribution in [0.3, 0.4) is 0 Å². The SMILES string of the molecule is CC(C)CCC(=O)OCC(COC(=O)CCC(C)C)(COC(=O)CCC(C)C)COC(=O)CCC(C)C. The van der Waals surface area contributed by atoms with Gasteiger partial charge in [-0.15, -0.1) is 0 Å². The second-order valence-electron chi connectivity index (χ2n) is 11.9. The van der Waals surface area contributed by atoms with Crippen LogP contribution in [0, 0.1) is 29.1 Å². The van der Waals surface area contributed by atoms with Crippen molar-refractivity contribution in [2.75, 3.05) is 26.4 Å². The van der Waals surface area contributed by atoms with Crippen LogP contribution in [0.25, 0.3) is 0 Å². The molecule has 8 heteroatoms. The monoisotopic (exact) mass is 528 g/mol. The van der Waals surface area contributed by atoms with Crippen LogP contribution in [-0.4, -0.2) is 50.3 Å². The molecule has 0 atom stereocenters. The first-order chi connectivity index (χ1) is 17.2. The number of hydrogen-bond donors (Lipinski definition) is 0. The van der Waals surface area contributed by atoms with Gasteiger partial charge in [-0.2, -0.15) is 0 Å². The van der Waals surface area contributed by atoms with Crippen molar-refractivity contribution in [1.29, 1.82) is 0 Å². The van der Waals surface area contributed by atoms with Crippen LogP contribution in [0.2, 0.25) is 0 Å². The van der Waals surface area contributed by atoms with E-state index in [-0.39, 0.29) is 52.1 Å². The molecular formula is C29H52O8. The molecule has 0 unspecified atom stereocenters. The first-order valence-corrected chi connectivity index (χ1v) is 13.9. The Morgan fingerprint density at radius 2 is 0.622 bits per heavy atom. The third-order valence-electron chi connectivity index (χ3n) is 5.86. The van der Waals surface area contributed by atoms with Crippen LogP contribution in [0.15, 0.2) is 0 Å². The van der Waals surface area contributed by atoms with Crippen molar-refractivity contribution in [3.05, 3.63) is 0 Å². The van der Waals surface area contributed by atoms with Crippen LogP contribution >= 0.6 is 0 Å². The smallest absolute Gasteiger partial charge is 0.305 e. The van der Waals surface area contributed by atoms with Crippen LogP contribution in [-0.2, 0) is 38.1 Å². The van der Waals surface area contributed by atoms with Gasteiger partial charge in [0.15, 0.2) is 0 Å². The Kier molecular flexibility index (Phi) is 17.9. The van der Waals surface area contributed by atoms with Crippen molar-refractivity contribution in [3.63, 3.8) is 0 Å². The van der Waals surface area contributed by atoms with E-state index in [1.165, 1.54) is 0 Å². The highest BCUT2D eigenvalue weighted by atomic mass is 16.6. The second-order valence-corrected chi connectivity index (χ2v) is 11.9. The lowest BCUT2D eigenvalue weighted by molar-refractivity contribution is -0.171. The zero-order valence-electron chi connectivity index (χ0n) is 24.6. The van der Waals surface area contributed by atoms with Gasteiger partial charge >= 0.3 is 23.9 Å². The summed E-state index contributed by atoms with van der Waals surface area (Å²) in [6.07, 6.45) is 3.65. The summed E-state index contributed by atoms with van der Waals surface area (Å²) < 4.78 is 22.1. The van der Waals surface area contributed by atoms with Crippen LogP contribution in [0.4, 0.5) is 0 Å². The molecule has 216 valence electrons. The molecule has 0 heterocycles.